The van der Waals surface area contributed by atoms with Crippen molar-refractivity contribution in [2.24, 2.45) is 0 Å². The summed E-state index contributed by atoms with van der Waals surface area (Å²) in [5.41, 5.74) is 1.12. The van der Waals surface area contributed by atoms with E-state index in [-0.39, 0.29) is 0 Å². The molecule has 0 bridgehead atoms. The largest absolute Gasteiger partial charge is 0.328 e. The van der Waals surface area contributed by atoms with E-state index < -0.39 is 14.2 Å². The fraction of sp³-hybridized carbons (Fsp3) is 0.556. The highest BCUT2D eigenvalue weighted by Crippen LogP contribution is 2.46. The van der Waals surface area contributed by atoms with Crippen molar-refractivity contribution in [1.82, 2.24) is 0 Å². The number of rotatable bonds is 17. The number of unbranched alkanes of at least 4 members (excludes halogenated alkanes) is 11. The molecule has 0 radical (unpaired) electrons. The molecule has 0 aliphatic heterocycles. The van der Waals surface area contributed by atoms with Crippen LogP contribution in [0.4, 0.5) is 0 Å². The second kappa shape index (κ2) is 15.5. The van der Waals surface area contributed by atoms with Gasteiger partial charge in [-0.25, -0.2) is 0 Å². The van der Waals surface area contributed by atoms with E-state index in [1.54, 1.807) is 0 Å². The zero-order valence-corrected chi connectivity index (χ0v) is 20.1. The summed E-state index contributed by atoms with van der Waals surface area (Å²) in [6.45, 7) is 2.27. The molecular weight excluding hydrogens is 403 g/mol. The van der Waals surface area contributed by atoms with Gasteiger partial charge in [0.05, 0.1) is 0 Å². The van der Waals surface area contributed by atoms with E-state index in [9.17, 15) is 9.79 Å². The molecule has 0 aromatic heterocycles. The fourth-order valence-electron chi connectivity index (χ4n) is 4.38. The third-order valence-electron chi connectivity index (χ3n) is 6.10. The van der Waals surface area contributed by atoms with Gasteiger partial charge < -0.3 is 9.79 Å². The van der Waals surface area contributed by atoms with E-state index in [1.807, 2.05) is 60.7 Å². The molecule has 3 nitrogen and oxygen atoms in total. The van der Waals surface area contributed by atoms with Crippen LogP contribution in [0.15, 0.2) is 60.7 Å². The topological polar surface area (TPSA) is 49.7 Å². The van der Waals surface area contributed by atoms with Gasteiger partial charge in [-0.2, -0.15) is 0 Å². The maximum absolute atomic E-state index is 9.80. The van der Waals surface area contributed by atoms with Crippen LogP contribution < -0.4 is 0 Å². The Bertz CT molecular complexity index is 636. The van der Waals surface area contributed by atoms with Gasteiger partial charge in [0.25, 0.3) is 0 Å². The summed E-state index contributed by atoms with van der Waals surface area (Å²) in [4.78, 5) is 19.6. The van der Waals surface area contributed by atoms with Crippen molar-refractivity contribution in [3.05, 3.63) is 71.8 Å². The van der Waals surface area contributed by atoms with Gasteiger partial charge in [-0.3, -0.25) is 4.52 Å². The molecule has 0 fully saturated rings. The van der Waals surface area contributed by atoms with Crippen molar-refractivity contribution >= 4 is 8.60 Å². The van der Waals surface area contributed by atoms with Crippen LogP contribution in [0.2, 0.25) is 0 Å². The zero-order chi connectivity index (χ0) is 22.2. The van der Waals surface area contributed by atoms with Crippen molar-refractivity contribution in [1.29, 1.82) is 0 Å². The summed E-state index contributed by atoms with van der Waals surface area (Å²) in [6, 6.07) is 20.0. The standard InChI is InChI=1S/C27H41O3P/c1-2-3-4-5-6-7-8-9-10-11-12-19-24-27(30-31(28)29,25-20-15-13-16-21-25)26-22-17-14-18-23-26/h13-18,20-23,28-29H,2-12,19,24H2,1H3. The summed E-state index contributed by atoms with van der Waals surface area (Å²) in [7, 11) is -2.48. The molecule has 0 aliphatic rings. The van der Waals surface area contributed by atoms with E-state index in [0.29, 0.717) is 0 Å². The molecule has 2 N–H and O–H groups in total. The summed E-state index contributed by atoms with van der Waals surface area (Å²) in [5.74, 6) is 0. The van der Waals surface area contributed by atoms with Crippen LogP contribution in [0.1, 0.15) is 102 Å². The first kappa shape index (κ1) is 26.0. The molecular formula is C27H41O3P. The zero-order valence-electron chi connectivity index (χ0n) is 19.2. The highest BCUT2D eigenvalue weighted by Gasteiger charge is 2.37. The fourth-order valence-corrected chi connectivity index (χ4v) is 4.96. The molecule has 0 spiro atoms. The lowest BCUT2D eigenvalue weighted by Crippen LogP contribution is -2.29. The van der Waals surface area contributed by atoms with Gasteiger partial charge in [-0.15, -0.1) is 0 Å². The van der Waals surface area contributed by atoms with Gasteiger partial charge in [0.15, 0.2) is 0 Å². The molecule has 0 saturated carbocycles. The maximum Gasteiger partial charge on any atom is 0.328 e. The Kier molecular flexibility index (Phi) is 13.0. The molecule has 0 heterocycles. The first-order valence-electron chi connectivity index (χ1n) is 12.2. The average molecular weight is 445 g/mol. The first-order valence-corrected chi connectivity index (χ1v) is 13.3. The molecule has 172 valence electrons. The Morgan fingerprint density at radius 1 is 0.613 bits per heavy atom. The van der Waals surface area contributed by atoms with E-state index in [1.165, 1.54) is 64.2 Å². The lowest BCUT2D eigenvalue weighted by Gasteiger charge is -2.35. The molecule has 2 rings (SSSR count). The van der Waals surface area contributed by atoms with Crippen molar-refractivity contribution in [2.45, 2.75) is 96.0 Å². The second-order valence-corrected chi connectivity index (χ2v) is 9.23. The van der Waals surface area contributed by atoms with Crippen LogP contribution in [-0.4, -0.2) is 9.79 Å². The number of benzene rings is 2. The molecule has 0 amide bonds. The highest BCUT2D eigenvalue weighted by molar-refractivity contribution is 7.39. The Hall–Kier alpha value is -1.25. The monoisotopic (exact) mass is 444 g/mol. The Balaban J connectivity index is 1.84. The van der Waals surface area contributed by atoms with Gasteiger partial charge >= 0.3 is 8.60 Å². The quantitative estimate of drug-likeness (QED) is 0.191. The summed E-state index contributed by atoms with van der Waals surface area (Å²) in [6.07, 6.45) is 16.3. The van der Waals surface area contributed by atoms with Crippen molar-refractivity contribution in [3.63, 3.8) is 0 Å². The third-order valence-corrected chi connectivity index (χ3v) is 6.58. The SMILES string of the molecule is CCCCCCCCCCCCCCC(OP(O)O)(c1ccccc1)c1ccccc1. The summed E-state index contributed by atoms with van der Waals surface area (Å²) in [5, 5.41) is 0. The first-order chi connectivity index (χ1) is 15.2. The predicted molar refractivity (Wildman–Crippen MR) is 132 cm³/mol. The van der Waals surface area contributed by atoms with Crippen LogP contribution in [-0.2, 0) is 10.1 Å². The number of hydrogen-bond acceptors (Lipinski definition) is 3. The third kappa shape index (κ3) is 9.41. The molecule has 0 aliphatic carbocycles. The Morgan fingerprint density at radius 2 is 1.00 bits per heavy atom. The van der Waals surface area contributed by atoms with E-state index in [2.05, 4.69) is 6.92 Å². The molecule has 4 heteroatoms. The van der Waals surface area contributed by atoms with Crippen molar-refractivity contribution < 1.29 is 14.3 Å². The normalized spacial score (nSPS) is 11.9. The van der Waals surface area contributed by atoms with Gasteiger partial charge in [-0.05, 0) is 24.0 Å². The van der Waals surface area contributed by atoms with Crippen molar-refractivity contribution in [2.75, 3.05) is 0 Å². The molecule has 2 aromatic rings. The molecule has 0 atom stereocenters. The molecule has 0 saturated heterocycles. The summed E-state index contributed by atoms with van der Waals surface area (Å²) >= 11 is 0. The van der Waals surface area contributed by atoms with Gasteiger partial charge in [-0.1, -0.05) is 138 Å². The van der Waals surface area contributed by atoms with Crippen LogP contribution in [0.25, 0.3) is 0 Å². The smallest absolute Gasteiger partial charge is 0.328 e. The van der Waals surface area contributed by atoms with Crippen molar-refractivity contribution in [3.8, 4) is 0 Å². The lowest BCUT2D eigenvalue weighted by atomic mass is 9.82. The number of hydrogen-bond donors (Lipinski definition) is 2. The van der Waals surface area contributed by atoms with Crippen LogP contribution in [0.5, 0.6) is 0 Å². The molecule has 0 unspecified atom stereocenters. The van der Waals surface area contributed by atoms with E-state index >= 15 is 0 Å². The van der Waals surface area contributed by atoms with Gasteiger partial charge in [0.2, 0.25) is 0 Å². The minimum absolute atomic E-state index is 0.735. The highest BCUT2D eigenvalue weighted by atomic mass is 31.2. The maximum atomic E-state index is 9.80. The van der Waals surface area contributed by atoms with Crippen LogP contribution >= 0.6 is 8.60 Å². The molecule has 2 aromatic carbocycles. The second-order valence-electron chi connectivity index (χ2n) is 8.54. The Labute approximate surface area is 190 Å². The van der Waals surface area contributed by atoms with E-state index in [0.717, 1.165) is 30.4 Å². The van der Waals surface area contributed by atoms with Gasteiger partial charge in [0, 0.05) is 0 Å². The molecule has 31 heavy (non-hydrogen) atoms. The lowest BCUT2D eigenvalue weighted by molar-refractivity contribution is 0.0791. The van der Waals surface area contributed by atoms with E-state index in [4.69, 9.17) is 4.52 Å². The van der Waals surface area contributed by atoms with Gasteiger partial charge in [0.1, 0.15) is 5.60 Å². The van der Waals surface area contributed by atoms with Crippen LogP contribution in [0.3, 0.4) is 0 Å². The minimum atomic E-state index is -2.48. The van der Waals surface area contributed by atoms with Crippen LogP contribution in [0, 0.1) is 0 Å². The minimum Gasteiger partial charge on any atom is -0.328 e. The average Bonchev–Trinajstić information content (AvgIpc) is 2.80. The Morgan fingerprint density at radius 3 is 1.39 bits per heavy atom. The summed E-state index contributed by atoms with van der Waals surface area (Å²) < 4.78 is 5.89. The predicted octanol–water partition coefficient (Wildman–Crippen LogP) is 8.25.